The maximum atomic E-state index is 13.0. The van der Waals surface area contributed by atoms with Gasteiger partial charge < -0.3 is 15.1 Å². The number of nitrogens with one attached hydrogen (secondary N) is 1. The molecule has 5 nitrogen and oxygen atoms in total. The predicted molar refractivity (Wildman–Crippen MR) is 99.7 cm³/mol. The van der Waals surface area contributed by atoms with Crippen molar-refractivity contribution in [3.05, 3.63) is 30.1 Å². The molecule has 0 radical (unpaired) electrons. The Labute approximate surface area is 157 Å². The number of hydrogen-bond donors (Lipinski definition) is 1. The van der Waals surface area contributed by atoms with Crippen molar-refractivity contribution in [1.29, 1.82) is 0 Å². The van der Waals surface area contributed by atoms with Gasteiger partial charge in [0.1, 0.15) is 5.82 Å². The van der Waals surface area contributed by atoms with Gasteiger partial charge in [-0.05, 0) is 44.3 Å². The average molecular weight is 389 g/mol. The van der Waals surface area contributed by atoms with E-state index in [4.69, 9.17) is 0 Å². The van der Waals surface area contributed by atoms with E-state index in [1.807, 2.05) is 0 Å². The van der Waals surface area contributed by atoms with Crippen LogP contribution in [0.15, 0.2) is 29.3 Å². The molecule has 27 heavy (non-hydrogen) atoms. The SMILES string of the molecule is CN=C(NCCCN(C)CC(F)(F)F)N1CCN(c2ccc(F)cc2)CC1. The highest BCUT2D eigenvalue weighted by molar-refractivity contribution is 5.80. The topological polar surface area (TPSA) is 34.1 Å². The van der Waals surface area contributed by atoms with Gasteiger partial charge in [0.05, 0.1) is 6.54 Å². The Morgan fingerprint density at radius 1 is 1.15 bits per heavy atom. The molecule has 1 aliphatic rings. The lowest BCUT2D eigenvalue weighted by Crippen LogP contribution is -2.52. The summed E-state index contributed by atoms with van der Waals surface area (Å²) in [5.41, 5.74) is 0.992. The van der Waals surface area contributed by atoms with E-state index < -0.39 is 12.7 Å². The van der Waals surface area contributed by atoms with E-state index in [2.05, 4.69) is 20.1 Å². The Balaban J connectivity index is 1.71. The van der Waals surface area contributed by atoms with Gasteiger partial charge in [0, 0.05) is 45.5 Å². The highest BCUT2D eigenvalue weighted by atomic mass is 19.4. The fraction of sp³-hybridized carbons (Fsp3) is 0.611. The van der Waals surface area contributed by atoms with Crippen LogP contribution < -0.4 is 10.2 Å². The molecular formula is C18H27F4N5. The lowest BCUT2D eigenvalue weighted by Gasteiger charge is -2.37. The van der Waals surface area contributed by atoms with Gasteiger partial charge in [-0.15, -0.1) is 0 Å². The third-order valence-corrected chi connectivity index (χ3v) is 4.43. The number of hydrogen-bond acceptors (Lipinski definition) is 3. The zero-order chi connectivity index (χ0) is 19.9. The predicted octanol–water partition coefficient (Wildman–Crippen LogP) is 2.41. The molecule has 0 atom stereocenters. The molecule has 0 bridgehead atoms. The van der Waals surface area contributed by atoms with Crippen LogP contribution in [0.1, 0.15) is 6.42 Å². The maximum Gasteiger partial charge on any atom is 0.401 e. The lowest BCUT2D eigenvalue weighted by molar-refractivity contribution is -0.143. The van der Waals surface area contributed by atoms with Crippen LogP contribution in [0.3, 0.4) is 0 Å². The Bertz CT molecular complexity index is 595. The summed E-state index contributed by atoms with van der Waals surface area (Å²) in [6.07, 6.45) is -3.57. The Hall–Kier alpha value is -2.03. The maximum absolute atomic E-state index is 13.0. The fourth-order valence-electron chi connectivity index (χ4n) is 3.09. The van der Waals surface area contributed by atoms with E-state index in [0.717, 1.165) is 37.8 Å². The molecule has 0 amide bonds. The van der Waals surface area contributed by atoms with Crippen LogP contribution in [0, 0.1) is 5.82 Å². The van der Waals surface area contributed by atoms with E-state index in [0.29, 0.717) is 19.5 Å². The highest BCUT2D eigenvalue weighted by Crippen LogP contribution is 2.17. The van der Waals surface area contributed by atoms with Gasteiger partial charge in [0.15, 0.2) is 5.96 Å². The molecule has 0 aromatic heterocycles. The van der Waals surface area contributed by atoms with E-state index in [1.54, 1.807) is 19.2 Å². The van der Waals surface area contributed by atoms with E-state index >= 15 is 0 Å². The van der Waals surface area contributed by atoms with Crippen molar-refractivity contribution in [3.63, 3.8) is 0 Å². The first-order chi connectivity index (χ1) is 12.8. The largest absolute Gasteiger partial charge is 0.401 e. The smallest absolute Gasteiger partial charge is 0.368 e. The monoisotopic (exact) mass is 389 g/mol. The minimum absolute atomic E-state index is 0.247. The molecule has 1 aromatic rings. The summed E-state index contributed by atoms with van der Waals surface area (Å²) in [7, 11) is 3.17. The number of piperazine rings is 1. The quantitative estimate of drug-likeness (QED) is 0.351. The number of rotatable bonds is 6. The molecule has 9 heteroatoms. The van der Waals surface area contributed by atoms with Gasteiger partial charge in [-0.1, -0.05) is 0 Å². The summed E-state index contributed by atoms with van der Waals surface area (Å²) in [6.45, 7) is 3.15. The number of guanidine groups is 1. The van der Waals surface area contributed by atoms with Gasteiger partial charge in [-0.25, -0.2) is 4.39 Å². The number of nitrogens with zero attached hydrogens (tertiary/aromatic N) is 4. The normalized spacial score (nSPS) is 16.2. The molecule has 1 heterocycles. The van der Waals surface area contributed by atoms with Crippen LogP contribution >= 0.6 is 0 Å². The van der Waals surface area contributed by atoms with Crippen molar-refractivity contribution in [2.24, 2.45) is 4.99 Å². The summed E-state index contributed by atoms with van der Waals surface area (Å²) in [6, 6.07) is 6.46. The van der Waals surface area contributed by atoms with Crippen molar-refractivity contribution < 1.29 is 17.6 Å². The van der Waals surface area contributed by atoms with Crippen LogP contribution in [-0.2, 0) is 0 Å². The first-order valence-electron chi connectivity index (χ1n) is 9.00. The van der Waals surface area contributed by atoms with Crippen LogP contribution in [0.25, 0.3) is 0 Å². The fourth-order valence-corrected chi connectivity index (χ4v) is 3.09. The number of benzene rings is 1. The summed E-state index contributed by atoms with van der Waals surface area (Å²) >= 11 is 0. The second-order valence-electron chi connectivity index (χ2n) is 6.63. The van der Waals surface area contributed by atoms with Crippen molar-refractivity contribution in [3.8, 4) is 0 Å². The number of alkyl halides is 3. The second kappa shape index (κ2) is 9.77. The molecule has 0 saturated carbocycles. The van der Waals surface area contributed by atoms with E-state index in [1.165, 1.54) is 24.1 Å². The van der Waals surface area contributed by atoms with Crippen LogP contribution in [-0.4, -0.2) is 81.8 Å². The third kappa shape index (κ3) is 7.24. The molecule has 1 saturated heterocycles. The standard InChI is InChI=1S/C18H27F4N5/c1-23-17(24-8-3-9-25(2)14-18(20,21)22)27-12-10-26(11-13-27)16-6-4-15(19)5-7-16/h4-7H,3,8-14H2,1-2H3,(H,23,24). The van der Waals surface area contributed by atoms with Crippen molar-refractivity contribution in [1.82, 2.24) is 15.1 Å². The zero-order valence-electron chi connectivity index (χ0n) is 15.8. The summed E-state index contributed by atoms with van der Waals surface area (Å²) < 4.78 is 50.0. The van der Waals surface area contributed by atoms with Crippen LogP contribution in [0.4, 0.5) is 23.2 Å². The average Bonchev–Trinajstić information content (AvgIpc) is 2.61. The molecule has 0 spiro atoms. The van der Waals surface area contributed by atoms with Crippen LogP contribution in [0.5, 0.6) is 0 Å². The van der Waals surface area contributed by atoms with Crippen molar-refractivity contribution in [2.75, 3.05) is 64.8 Å². The van der Waals surface area contributed by atoms with Crippen molar-refractivity contribution in [2.45, 2.75) is 12.6 Å². The zero-order valence-corrected chi connectivity index (χ0v) is 15.8. The third-order valence-electron chi connectivity index (χ3n) is 4.43. The van der Waals surface area contributed by atoms with Gasteiger partial charge in [0.2, 0.25) is 0 Å². The van der Waals surface area contributed by atoms with Gasteiger partial charge >= 0.3 is 6.18 Å². The molecule has 1 fully saturated rings. The Morgan fingerprint density at radius 2 is 1.78 bits per heavy atom. The molecule has 1 aromatic carbocycles. The molecule has 0 aliphatic carbocycles. The summed E-state index contributed by atoms with van der Waals surface area (Å²) in [4.78, 5) is 9.85. The van der Waals surface area contributed by atoms with Crippen molar-refractivity contribution >= 4 is 11.6 Å². The first kappa shape index (κ1) is 21.3. The molecule has 2 rings (SSSR count). The van der Waals surface area contributed by atoms with E-state index in [9.17, 15) is 17.6 Å². The number of anilines is 1. The van der Waals surface area contributed by atoms with Gasteiger partial charge in [-0.2, -0.15) is 13.2 Å². The Kier molecular flexibility index (Phi) is 7.70. The molecule has 1 N–H and O–H groups in total. The highest BCUT2D eigenvalue weighted by Gasteiger charge is 2.28. The summed E-state index contributed by atoms with van der Waals surface area (Å²) in [5, 5.41) is 3.22. The number of halogens is 4. The Morgan fingerprint density at radius 3 is 2.33 bits per heavy atom. The van der Waals surface area contributed by atoms with Gasteiger partial charge in [0.25, 0.3) is 0 Å². The minimum Gasteiger partial charge on any atom is -0.368 e. The second-order valence-corrected chi connectivity index (χ2v) is 6.63. The number of aliphatic imine (C=N–C) groups is 1. The minimum atomic E-state index is -4.16. The first-order valence-corrected chi connectivity index (χ1v) is 9.00. The van der Waals surface area contributed by atoms with E-state index in [-0.39, 0.29) is 5.82 Å². The molecule has 1 aliphatic heterocycles. The molecule has 0 unspecified atom stereocenters. The molecular weight excluding hydrogens is 362 g/mol. The van der Waals surface area contributed by atoms with Crippen LogP contribution in [0.2, 0.25) is 0 Å². The lowest BCUT2D eigenvalue weighted by atomic mass is 10.2. The molecule has 152 valence electrons. The summed E-state index contributed by atoms with van der Waals surface area (Å²) in [5.74, 6) is 0.509. The van der Waals surface area contributed by atoms with Gasteiger partial charge in [-0.3, -0.25) is 9.89 Å².